The molecule has 4 aromatic rings. The molecule has 8 nitrogen and oxygen atoms in total. The fourth-order valence-electron chi connectivity index (χ4n) is 4.40. The quantitative estimate of drug-likeness (QED) is 0.175. The van der Waals surface area contributed by atoms with Gasteiger partial charge in [0.15, 0.2) is 0 Å². The lowest BCUT2D eigenvalue weighted by Gasteiger charge is -2.27. The first kappa shape index (κ1) is 26.1. The molecular formula is C32H25N5O3. The summed E-state index contributed by atoms with van der Waals surface area (Å²) in [6.07, 6.45) is 8.40. The second-order valence-corrected chi connectivity index (χ2v) is 9.06. The summed E-state index contributed by atoms with van der Waals surface area (Å²) in [5, 5.41) is 14.7. The summed E-state index contributed by atoms with van der Waals surface area (Å²) in [4.78, 5) is 32.0. The topological polar surface area (TPSA) is 101 Å². The number of hydrogen-bond acceptors (Lipinski definition) is 6. The van der Waals surface area contributed by atoms with Crippen LogP contribution in [0.25, 0.3) is 23.0 Å². The van der Waals surface area contributed by atoms with Crippen LogP contribution in [0.3, 0.4) is 0 Å². The van der Waals surface area contributed by atoms with Gasteiger partial charge in [0.2, 0.25) is 0 Å². The number of aromatic nitrogens is 3. The monoisotopic (exact) mass is 527 g/mol. The number of benzene rings is 2. The summed E-state index contributed by atoms with van der Waals surface area (Å²) < 4.78 is 7.35. The second kappa shape index (κ2) is 11.5. The molecule has 0 bridgehead atoms. The molecule has 5 rings (SSSR count). The Balaban J connectivity index is 1.62. The van der Waals surface area contributed by atoms with Gasteiger partial charge in [-0.25, -0.2) is 4.68 Å². The summed E-state index contributed by atoms with van der Waals surface area (Å²) in [7, 11) is 0. The van der Waals surface area contributed by atoms with Crippen LogP contribution in [0, 0.1) is 11.3 Å². The number of nitrogens with zero attached hydrogens (tertiary/aromatic N) is 5. The van der Waals surface area contributed by atoms with Crippen molar-refractivity contribution in [2.45, 2.75) is 13.5 Å². The number of carbonyl (C=O) groups is 2. The molecule has 0 unspecified atom stereocenters. The van der Waals surface area contributed by atoms with Crippen LogP contribution in [0.1, 0.15) is 18.1 Å². The van der Waals surface area contributed by atoms with Crippen molar-refractivity contribution in [2.75, 3.05) is 6.61 Å². The van der Waals surface area contributed by atoms with Gasteiger partial charge in [-0.3, -0.25) is 19.5 Å². The van der Waals surface area contributed by atoms with Gasteiger partial charge in [-0.1, -0.05) is 36.9 Å². The first-order chi connectivity index (χ1) is 19.5. The number of ether oxygens (including phenoxy) is 1. The van der Waals surface area contributed by atoms with Gasteiger partial charge in [0.05, 0.1) is 17.9 Å². The van der Waals surface area contributed by atoms with Crippen molar-refractivity contribution in [3.8, 4) is 28.8 Å². The smallest absolute Gasteiger partial charge is 0.271 e. The maximum atomic E-state index is 13.7. The number of para-hydroxylation sites is 1. The van der Waals surface area contributed by atoms with Crippen molar-refractivity contribution in [3.63, 3.8) is 0 Å². The molecule has 1 aliphatic heterocycles. The summed E-state index contributed by atoms with van der Waals surface area (Å²) in [5.74, 6) is -0.422. The minimum absolute atomic E-state index is 0.00358. The largest absolute Gasteiger partial charge is 0.490 e. The van der Waals surface area contributed by atoms with E-state index >= 15 is 0 Å². The van der Waals surface area contributed by atoms with Crippen LogP contribution in [-0.4, -0.2) is 38.1 Å². The fraction of sp³-hybridized carbons (Fsp3) is 0.0938. The number of hydrogen-bond donors (Lipinski definition) is 0. The van der Waals surface area contributed by atoms with Crippen molar-refractivity contribution in [1.29, 1.82) is 5.26 Å². The van der Waals surface area contributed by atoms with Crippen molar-refractivity contribution in [2.24, 2.45) is 0 Å². The molecule has 2 amide bonds. The van der Waals surface area contributed by atoms with Crippen LogP contribution in [0.5, 0.6) is 5.75 Å². The minimum atomic E-state index is -0.624. The molecule has 0 N–H and O–H groups in total. The zero-order valence-corrected chi connectivity index (χ0v) is 21.8. The Morgan fingerprint density at radius 2 is 1.80 bits per heavy atom. The molecule has 3 heterocycles. The highest BCUT2D eigenvalue weighted by molar-refractivity contribution is 6.19. The van der Waals surface area contributed by atoms with Gasteiger partial charge in [-0.2, -0.15) is 10.4 Å². The Morgan fingerprint density at radius 3 is 2.48 bits per heavy atom. The van der Waals surface area contributed by atoms with Crippen molar-refractivity contribution in [1.82, 2.24) is 19.7 Å². The zero-order valence-electron chi connectivity index (χ0n) is 21.8. The standard InChI is InChI=1S/C32H25N5O3/c1-3-16-40-27-13-11-24(12-14-27)30-25(21-37(35-30)26-9-5-4-6-10-26)17-28-22(2)29(18-33)32(39)36(31(28)38)20-23-8-7-15-34-19-23/h3-15,17,19,21H,1,16,20H2,2H3/b28-17+. The van der Waals surface area contributed by atoms with Gasteiger partial charge in [0.25, 0.3) is 11.8 Å². The van der Waals surface area contributed by atoms with Gasteiger partial charge in [-0.05, 0) is 66.6 Å². The molecule has 40 heavy (non-hydrogen) atoms. The molecular weight excluding hydrogens is 502 g/mol. The van der Waals surface area contributed by atoms with Crippen LogP contribution < -0.4 is 4.74 Å². The molecule has 0 atom stereocenters. The molecule has 1 aliphatic rings. The van der Waals surface area contributed by atoms with Gasteiger partial charge in [-0.15, -0.1) is 0 Å². The molecule has 2 aromatic heterocycles. The molecule has 0 fully saturated rings. The first-order valence-corrected chi connectivity index (χ1v) is 12.6. The van der Waals surface area contributed by atoms with Crippen LogP contribution in [0.15, 0.2) is 115 Å². The van der Waals surface area contributed by atoms with E-state index in [0.29, 0.717) is 34.8 Å². The van der Waals surface area contributed by atoms with Crippen molar-refractivity contribution >= 4 is 17.9 Å². The summed E-state index contributed by atoms with van der Waals surface area (Å²) in [5.41, 5.74) is 4.10. The van der Waals surface area contributed by atoms with E-state index in [1.807, 2.05) is 66.9 Å². The lowest BCUT2D eigenvalue weighted by molar-refractivity contribution is -0.141. The second-order valence-electron chi connectivity index (χ2n) is 9.06. The summed E-state index contributed by atoms with van der Waals surface area (Å²) in [6, 6.07) is 22.6. The maximum Gasteiger partial charge on any atom is 0.271 e. The molecule has 0 aliphatic carbocycles. The van der Waals surface area contributed by atoms with Gasteiger partial charge in [0.1, 0.15) is 24.0 Å². The number of carbonyl (C=O) groups excluding carboxylic acids is 2. The predicted octanol–water partition coefficient (Wildman–Crippen LogP) is 5.29. The third kappa shape index (κ3) is 5.22. The van der Waals surface area contributed by atoms with Gasteiger partial charge >= 0.3 is 0 Å². The summed E-state index contributed by atoms with van der Waals surface area (Å²) >= 11 is 0. The lowest BCUT2D eigenvalue weighted by Crippen LogP contribution is -2.42. The van der Waals surface area contributed by atoms with E-state index in [0.717, 1.165) is 16.2 Å². The molecule has 8 heteroatoms. The van der Waals surface area contributed by atoms with Gasteiger partial charge in [0, 0.05) is 35.3 Å². The average molecular weight is 528 g/mol. The summed E-state index contributed by atoms with van der Waals surface area (Å²) in [6.45, 7) is 5.69. The number of pyridine rings is 1. The molecule has 196 valence electrons. The van der Waals surface area contributed by atoms with Crippen LogP contribution in [0.4, 0.5) is 0 Å². The normalized spacial score (nSPS) is 14.4. The van der Waals surface area contributed by atoms with E-state index in [4.69, 9.17) is 9.84 Å². The van der Waals surface area contributed by atoms with E-state index in [9.17, 15) is 14.9 Å². The Kier molecular flexibility index (Phi) is 7.47. The van der Waals surface area contributed by atoms with Crippen LogP contribution in [-0.2, 0) is 16.1 Å². The highest BCUT2D eigenvalue weighted by Crippen LogP contribution is 2.32. The zero-order chi connectivity index (χ0) is 28.1. The van der Waals surface area contributed by atoms with Gasteiger partial charge < -0.3 is 4.74 Å². The highest BCUT2D eigenvalue weighted by Gasteiger charge is 2.35. The number of nitriles is 1. The SMILES string of the molecule is C=CCOc1ccc(-c2nn(-c3ccccc3)cc2/C=C2/C(=O)N(Cc3cccnc3)C(=O)C(C#N)=C2C)cc1. The molecule has 0 radical (unpaired) electrons. The number of amides is 2. The number of rotatable bonds is 8. The molecule has 2 aromatic carbocycles. The fourth-order valence-corrected chi connectivity index (χ4v) is 4.40. The molecule has 0 saturated heterocycles. The third-order valence-corrected chi connectivity index (χ3v) is 6.45. The van der Waals surface area contributed by atoms with E-state index < -0.39 is 11.8 Å². The minimum Gasteiger partial charge on any atom is -0.490 e. The van der Waals surface area contributed by atoms with E-state index in [1.165, 1.54) is 0 Å². The Labute approximate surface area is 231 Å². The Hall–Kier alpha value is -5.55. The third-order valence-electron chi connectivity index (χ3n) is 6.45. The highest BCUT2D eigenvalue weighted by atomic mass is 16.5. The van der Waals surface area contributed by atoms with Crippen LogP contribution >= 0.6 is 0 Å². The Morgan fingerprint density at radius 1 is 1.02 bits per heavy atom. The van der Waals surface area contributed by atoms with Crippen molar-refractivity contribution in [3.05, 3.63) is 126 Å². The molecule has 0 spiro atoms. The Bertz CT molecular complexity index is 1680. The molecule has 0 saturated carbocycles. The van der Waals surface area contributed by atoms with Crippen LogP contribution in [0.2, 0.25) is 0 Å². The predicted molar refractivity (Wildman–Crippen MR) is 151 cm³/mol. The maximum absolute atomic E-state index is 13.7. The van der Waals surface area contributed by atoms with E-state index in [1.54, 1.807) is 48.3 Å². The first-order valence-electron chi connectivity index (χ1n) is 12.6. The lowest BCUT2D eigenvalue weighted by atomic mass is 9.93. The van der Waals surface area contributed by atoms with E-state index in [2.05, 4.69) is 11.6 Å². The average Bonchev–Trinajstić information content (AvgIpc) is 3.42. The van der Waals surface area contributed by atoms with Crippen molar-refractivity contribution < 1.29 is 14.3 Å². The number of imide groups is 1. The van der Waals surface area contributed by atoms with E-state index in [-0.39, 0.29) is 17.7 Å².